The molecule has 4 nitrogen and oxygen atoms in total. The van der Waals surface area contributed by atoms with Crippen molar-refractivity contribution in [2.75, 3.05) is 11.1 Å². The number of carbonyl (C=O) groups is 2. The number of carbonyl (C=O) groups excluding carboxylic acids is 2. The third-order valence-electron chi connectivity index (χ3n) is 3.89. The van der Waals surface area contributed by atoms with E-state index in [1.165, 1.54) is 32.1 Å². The monoisotopic (exact) mass is 320 g/mol. The maximum absolute atomic E-state index is 11.9. The van der Waals surface area contributed by atoms with Crippen LogP contribution in [0.5, 0.6) is 0 Å². The van der Waals surface area contributed by atoms with Gasteiger partial charge in [0, 0.05) is 10.9 Å². The number of nitrogens with one attached hydrogen (secondary N) is 2. The maximum atomic E-state index is 11.9. The normalized spacial score (nSPS) is 15.4. The first-order valence-corrected chi connectivity index (χ1v) is 8.89. The van der Waals surface area contributed by atoms with Crippen molar-refractivity contribution in [2.45, 2.75) is 51.2 Å². The topological polar surface area (TPSA) is 58.2 Å². The molecule has 0 heterocycles. The molecule has 0 aromatic heterocycles. The van der Waals surface area contributed by atoms with Crippen molar-refractivity contribution in [3.63, 3.8) is 0 Å². The van der Waals surface area contributed by atoms with Crippen LogP contribution in [0.3, 0.4) is 0 Å². The van der Waals surface area contributed by atoms with Gasteiger partial charge in [0.25, 0.3) is 0 Å². The Morgan fingerprint density at radius 3 is 2.59 bits per heavy atom. The fraction of sp³-hybridized carbons (Fsp3) is 0.529. The van der Waals surface area contributed by atoms with Gasteiger partial charge in [0.05, 0.1) is 5.75 Å². The number of anilines is 1. The molecule has 0 unspecified atom stereocenters. The van der Waals surface area contributed by atoms with Gasteiger partial charge in [-0.25, -0.2) is 4.79 Å². The Bertz CT molecular complexity index is 539. The van der Waals surface area contributed by atoms with E-state index in [4.69, 9.17) is 0 Å². The lowest BCUT2D eigenvalue weighted by Crippen LogP contribution is -2.36. The van der Waals surface area contributed by atoms with Crippen LogP contribution in [0.25, 0.3) is 0 Å². The van der Waals surface area contributed by atoms with Gasteiger partial charge in [0.15, 0.2) is 0 Å². The molecule has 2 N–H and O–H groups in total. The largest absolute Gasteiger partial charge is 0.325 e. The molecule has 2 rings (SSSR count). The third-order valence-corrected chi connectivity index (χ3v) is 5.26. The number of hydrogen-bond acceptors (Lipinski definition) is 3. The number of amides is 3. The van der Waals surface area contributed by atoms with E-state index in [1.807, 2.05) is 32.0 Å². The summed E-state index contributed by atoms with van der Waals surface area (Å²) in [7, 11) is 0. The average Bonchev–Trinajstić information content (AvgIpc) is 2.49. The molecule has 0 spiro atoms. The third kappa shape index (κ3) is 5.37. The maximum Gasteiger partial charge on any atom is 0.325 e. The quantitative estimate of drug-likeness (QED) is 0.881. The minimum absolute atomic E-state index is 0.224. The summed E-state index contributed by atoms with van der Waals surface area (Å²) in [4.78, 5) is 23.7. The highest BCUT2D eigenvalue weighted by molar-refractivity contribution is 8.00. The molecule has 3 amide bonds. The van der Waals surface area contributed by atoms with Gasteiger partial charge in [-0.3, -0.25) is 10.1 Å². The minimum Gasteiger partial charge on any atom is -0.307 e. The lowest BCUT2D eigenvalue weighted by atomic mass is 10.0. The van der Waals surface area contributed by atoms with Crippen LogP contribution >= 0.6 is 11.8 Å². The van der Waals surface area contributed by atoms with Crippen molar-refractivity contribution >= 4 is 29.4 Å². The Balaban J connectivity index is 1.74. The van der Waals surface area contributed by atoms with E-state index >= 15 is 0 Å². The van der Waals surface area contributed by atoms with Crippen molar-refractivity contribution in [3.8, 4) is 0 Å². The molecule has 5 heteroatoms. The van der Waals surface area contributed by atoms with Crippen LogP contribution in [0.15, 0.2) is 18.2 Å². The van der Waals surface area contributed by atoms with Crippen molar-refractivity contribution < 1.29 is 9.59 Å². The summed E-state index contributed by atoms with van der Waals surface area (Å²) in [6, 6.07) is 5.33. The van der Waals surface area contributed by atoms with E-state index in [9.17, 15) is 9.59 Å². The Hall–Kier alpha value is -1.49. The molecule has 0 saturated heterocycles. The van der Waals surface area contributed by atoms with Crippen molar-refractivity contribution in [2.24, 2.45) is 0 Å². The molecule has 1 saturated carbocycles. The molecule has 0 aliphatic heterocycles. The molecule has 0 radical (unpaired) electrons. The molecule has 22 heavy (non-hydrogen) atoms. The number of benzene rings is 1. The summed E-state index contributed by atoms with van der Waals surface area (Å²) >= 11 is 1.67. The molecular formula is C17H24N2O2S. The van der Waals surface area contributed by atoms with E-state index in [2.05, 4.69) is 10.6 Å². The molecule has 1 aliphatic rings. The van der Waals surface area contributed by atoms with Gasteiger partial charge in [0.2, 0.25) is 5.91 Å². The van der Waals surface area contributed by atoms with Gasteiger partial charge in [0.1, 0.15) is 0 Å². The average molecular weight is 320 g/mol. The first-order chi connectivity index (χ1) is 10.5. The number of imide groups is 1. The highest BCUT2D eigenvalue weighted by atomic mass is 32.2. The Morgan fingerprint density at radius 2 is 1.91 bits per heavy atom. The second-order valence-electron chi connectivity index (χ2n) is 5.89. The zero-order chi connectivity index (χ0) is 15.9. The Labute approximate surface area is 136 Å². The minimum atomic E-state index is -0.457. The van der Waals surface area contributed by atoms with Crippen LogP contribution in [-0.4, -0.2) is 22.9 Å². The molecule has 120 valence electrons. The summed E-state index contributed by atoms with van der Waals surface area (Å²) in [6.45, 7) is 3.94. The fourth-order valence-electron chi connectivity index (χ4n) is 2.70. The zero-order valence-corrected chi connectivity index (χ0v) is 14.1. The van der Waals surface area contributed by atoms with E-state index < -0.39 is 6.03 Å². The smallest absolute Gasteiger partial charge is 0.307 e. The highest BCUT2D eigenvalue weighted by Gasteiger charge is 2.16. The van der Waals surface area contributed by atoms with Crippen LogP contribution in [0.2, 0.25) is 0 Å². The molecule has 1 fully saturated rings. The number of aryl methyl sites for hydroxylation is 2. The van der Waals surface area contributed by atoms with E-state index in [0.29, 0.717) is 11.0 Å². The van der Waals surface area contributed by atoms with E-state index in [0.717, 1.165) is 16.8 Å². The first kappa shape index (κ1) is 16.9. The molecule has 1 aromatic rings. The van der Waals surface area contributed by atoms with Crippen molar-refractivity contribution in [1.29, 1.82) is 0 Å². The molecule has 0 atom stereocenters. The van der Waals surface area contributed by atoms with Gasteiger partial charge < -0.3 is 5.32 Å². The van der Waals surface area contributed by atoms with Crippen LogP contribution in [0, 0.1) is 13.8 Å². The Morgan fingerprint density at radius 1 is 1.18 bits per heavy atom. The summed E-state index contributed by atoms with van der Waals surface area (Å²) < 4.78 is 0. The SMILES string of the molecule is Cc1ccc(NC(=O)NC(=O)CSC2CCCCC2)c(C)c1. The van der Waals surface area contributed by atoms with Gasteiger partial charge >= 0.3 is 6.03 Å². The summed E-state index contributed by atoms with van der Waals surface area (Å²) in [6.07, 6.45) is 6.19. The van der Waals surface area contributed by atoms with Crippen molar-refractivity contribution in [1.82, 2.24) is 5.32 Å². The van der Waals surface area contributed by atoms with Gasteiger partial charge in [-0.1, -0.05) is 37.0 Å². The predicted molar refractivity (Wildman–Crippen MR) is 92.4 cm³/mol. The van der Waals surface area contributed by atoms with E-state index in [-0.39, 0.29) is 5.91 Å². The standard InChI is InChI=1S/C17H24N2O2S/c1-12-8-9-15(13(2)10-12)18-17(21)19-16(20)11-22-14-6-4-3-5-7-14/h8-10,14H,3-7,11H2,1-2H3,(H2,18,19,20,21). The first-order valence-electron chi connectivity index (χ1n) is 7.84. The van der Waals surface area contributed by atoms with Gasteiger partial charge in [-0.2, -0.15) is 0 Å². The highest BCUT2D eigenvalue weighted by Crippen LogP contribution is 2.27. The van der Waals surface area contributed by atoms with Crippen LogP contribution in [0.4, 0.5) is 10.5 Å². The number of rotatable bonds is 4. The number of hydrogen-bond donors (Lipinski definition) is 2. The summed E-state index contributed by atoms with van der Waals surface area (Å²) in [5, 5.41) is 5.70. The summed E-state index contributed by atoms with van der Waals surface area (Å²) in [5.41, 5.74) is 2.86. The predicted octanol–water partition coefficient (Wildman–Crippen LogP) is 4.02. The van der Waals surface area contributed by atoms with Crippen LogP contribution in [-0.2, 0) is 4.79 Å². The molecular weight excluding hydrogens is 296 g/mol. The van der Waals surface area contributed by atoms with E-state index in [1.54, 1.807) is 11.8 Å². The second-order valence-corrected chi connectivity index (χ2v) is 7.18. The lowest BCUT2D eigenvalue weighted by Gasteiger charge is -2.20. The second kappa shape index (κ2) is 8.22. The van der Waals surface area contributed by atoms with Crippen LogP contribution < -0.4 is 10.6 Å². The molecule has 1 aromatic carbocycles. The van der Waals surface area contributed by atoms with Gasteiger partial charge in [-0.15, -0.1) is 11.8 Å². The number of urea groups is 1. The lowest BCUT2D eigenvalue weighted by molar-refractivity contribution is -0.117. The zero-order valence-electron chi connectivity index (χ0n) is 13.3. The molecule has 1 aliphatic carbocycles. The van der Waals surface area contributed by atoms with Crippen LogP contribution in [0.1, 0.15) is 43.2 Å². The molecule has 0 bridgehead atoms. The van der Waals surface area contributed by atoms with Gasteiger partial charge in [-0.05, 0) is 38.3 Å². The van der Waals surface area contributed by atoms with Crippen molar-refractivity contribution in [3.05, 3.63) is 29.3 Å². The fourth-order valence-corrected chi connectivity index (χ4v) is 3.82. The summed E-state index contributed by atoms with van der Waals surface area (Å²) in [5.74, 6) is 0.128. The Kier molecular flexibility index (Phi) is 6.31. The number of thioether (sulfide) groups is 1.